The molecular formula is C15H14N2O4S. The summed E-state index contributed by atoms with van der Waals surface area (Å²) < 4.78 is 12.0. The lowest BCUT2D eigenvalue weighted by atomic mass is 10.3. The summed E-state index contributed by atoms with van der Waals surface area (Å²) in [6.07, 6.45) is 0. The molecule has 1 aromatic carbocycles. The van der Waals surface area contributed by atoms with Crippen molar-refractivity contribution in [3.63, 3.8) is 0 Å². The van der Waals surface area contributed by atoms with Gasteiger partial charge in [-0.1, -0.05) is 24.3 Å². The van der Waals surface area contributed by atoms with Crippen molar-refractivity contribution in [2.45, 2.75) is 4.90 Å². The van der Waals surface area contributed by atoms with Crippen LogP contribution >= 0.6 is 0 Å². The number of benzene rings is 1. The van der Waals surface area contributed by atoms with E-state index in [2.05, 4.69) is 10.3 Å². The number of pyridine rings is 1. The summed E-state index contributed by atoms with van der Waals surface area (Å²) in [5.74, 6) is -1.41. The molecule has 6 nitrogen and oxygen atoms in total. The lowest BCUT2D eigenvalue weighted by Gasteiger charge is -2.05. The molecule has 1 amide bonds. The molecule has 7 heteroatoms. The Morgan fingerprint density at radius 2 is 1.73 bits per heavy atom. The molecular weight excluding hydrogens is 304 g/mol. The summed E-state index contributed by atoms with van der Waals surface area (Å²) in [5, 5.41) is 11.4. The van der Waals surface area contributed by atoms with E-state index in [1.54, 1.807) is 24.3 Å². The molecule has 2 rings (SSSR count). The van der Waals surface area contributed by atoms with E-state index < -0.39 is 22.7 Å². The first-order valence-corrected chi connectivity index (χ1v) is 7.82. The third-order valence-electron chi connectivity index (χ3n) is 2.78. The Kier molecular flexibility index (Phi) is 5.37. The number of carbonyl (C=O) groups excluding carboxylic acids is 1. The minimum absolute atomic E-state index is 0.0189. The molecule has 1 atom stereocenters. The van der Waals surface area contributed by atoms with Gasteiger partial charge < -0.3 is 10.4 Å². The van der Waals surface area contributed by atoms with E-state index >= 15 is 0 Å². The highest BCUT2D eigenvalue weighted by molar-refractivity contribution is 7.85. The van der Waals surface area contributed by atoms with Crippen LogP contribution in [0.1, 0.15) is 21.0 Å². The van der Waals surface area contributed by atoms with Gasteiger partial charge in [-0.15, -0.1) is 0 Å². The summed E-state index contributed by atoms with van der Waals surface area (Å²) >= 11 is 0. The molecule has 0 radical (unpaired) electrons. The van der Waals surface area contributed by atoms with Crippen LogP contribution < -0.4 is 5.32 Å². The van der Waals surface area contributed by atoms with Crippen LogP contribution in [0, 0.1) is 0 Å². The molecule has 2 N–H and O–H groups in total. The summed E-state index contributed by atoms with van der Waals surface area (Å²) in [5.41, 5.74) is -0.175. The Morgan fingerprint density at radius 1 is 1.05 bits per heavy atom. The molecule has 0 aliphatic carbocycles. The fourth-order valence-corrected chi connectivity index (χ4v) is 2.70. The van der Waals surface area contributed by atoms with E-state index in [9.17, 15) is 13.8 Å². The lowest BCUT2D eigenvalue weighted by molar-refractivity contribution is 0.0690. The first-order valence-electron chi connectivity index (χ1n) is 6.50. The van der Waals surface area contributed by atoms with Crippen molar-refractivity contribution in [2.24, 2.45) is 0 Å². The highest BCUT2D eigenvalue weighted by atomic mass is 32.2. The number of carboxylic acids is 1. The second kappa shape index (κ2) is 7.46. The van der Waals surface area contributed by atoms with Gasteiger partial charge in [0, 0.05) is 17.2 Å². The van der Waals surface area contributed by atoms with Crippen LogP contribution in [0.15, 0.2) is 53.4 Å². The van der Waals surface area contributed by atoms with Crippen molar-refractivity contribution >= 4 is 22.7 Å². The molecule has 114 valence electrons. The van der Waals surface area contributed by atoms with Crippen molar-refractivity contribution in [1.82, 2.24) is 10.3 Å². The average Bonchev–Trinajstić information content (AvgIpc) is 2.55. The standard InChI is InChI=1S/C15H14N2O4S/c18-14(12-7-4-8-13(17-12)15(19)20)16-9-10-22(21)11-5-2-1-3-6-11/h1-8H,9-10H2,(H,16,18)(H,19,20). The molecule has 0 bridgehead atoms. The minimum atomic E-state index is -1.20. The van der Waals surface area contributed by atoms with E-state index in [4.69, 9.17) is 5.11 Å². The molecule has 0 aliphatic heterocycles. The van der Waals surface area contributed by atoms with Crippen molar-refractivity contribution < 1.29 is 18.9 Å². The van der Waals surface area contributed by atoms with Crippen LogP contribution in [0.4, 0.5) is 0 Å². The molecule has 0 saturated carbocycles. The average molecular weight is 318 g/mol. The maximum atomic E-state index is 12.0. The van der Waals surface area contributed by atoms with Gasteiger partial charge in [-0.2, -0.15) is 0 Å². The normalized spacial score (nSPS) is 11.6. The third-order valence-corrected chi connectivity index (χ3v) is 4.15. The number of aromatic carboxylic acids is 1. The molecule has 0 aliphatic rings. The highest BCUT2D eigenvalue weighted by Crippen LogP contribution is 2.05. The van der Waals surface area contributed by atoms with Gasteiger partial charge in [0.05, 0.1) is 10.8 Å². The van der Waals surface area contributed by atoms with Gasteiger partial charge in [-0.25, -0.2) is 9.78 Å². The number of amides is 1. The van der Waals surface area contributed by atoms with Crippen molar-refractivity contribution in [1.29, 1.82) is 0 Å². The van der Waals surface area contributed by atoms with Gasteiger partial charge in [0.1, 0.15) is 11.4 Å². The Morgan fingerprint density at radius 3 is 2.41 bits per heavy atom. The molecule has 0 saturated heterocycles. The fourth-order valence-electron chi connectivity index (χ4n) is 1.72. The predicted octanol–water partition coefficient (Wildman–Crippen LogP) is 1.32. The van der Waals surface area contributed by atoms with E-state index in [0.29, 0.717) is 4.90 Å². The lowest BCUT2D eigenvalue weighted by Crippen LogP contribution is -2.28. The number of carboxylic acid groups (broad SMARTS) is 1. The summed E-state index contributed by atoms with van der Waals surface area (Å²) in [4.78, 5) is 27.1. The zero-order valence-corrected chi connectivity index (χ0v) is 12.4. The summed E-state index contributed by atoms with van der Waals surface area (Å²) in [6, 6.07) is 13.1. The molecule has 0 fully saturated rings. The first-order chi connectivity index (χ1) is 10.6. The Hall–Kier alpha value is -2.54. The molecule has 1 unspecified atom stereocenters. The molecule has 0 spiro atoms. The topological polar surface area (TPSA) is 96.4 Å². The monoisotopic (exact) mass is 318 g/mol. The van der Waals surface area contributed by atoms with Gasteiger partial charge >= 0.3 is 5.97 Å². The number of nitrogens with zero attached hydrogens (tertiary/aromatic N) is 1. The molecule has 22 heavy (non-hydrogen) atoms. The SMILES string of the molecule is O=C(O)c1cccc(C(=O)NCCS(=O)c2ccccc2)n1. The van der Waals surface area contributed by atoms with Crippen LogP contribution in [0.5, 0.6) is 0 Å². The Labute approximate surface area is 129 Å². The summed E-state index contributed by atoms with van der Waals surface area (Å²) in [7, 11) is -1.20. The van der Waals surface area contributed by atoms with Gasteiger partial charge in [0.2, 0.25) is 0 Å². The Bertz CT molecular complexity index is 704. The second-order valence-corrected chi connectivity index (χ2v) is 5.90. The van der Waals surface area contributed by atoms with E-state index in [1.807, 2.05) is 6.07 Å². The predicted molar refractivity (Wildman–Crippen MR) is 81.2 cm³/mol. The van der Waals surface area contributed by atoms with Crippen molar-refractivity contribution in [3.8, 4) is 0 Å². The summed E-state index contributed by atoms with van der Waals surface area (Å²) in [6.45, 7) is 0.208. The zero-order chi connectivity index (χ0) is 15.9. The highest BCUT2D eigenvalue weighted by Gasteiger charge is 2.11. The zero-order valence-electron chi connectivity index (χ0n) is 11.6. The van der Waals surface area contributed by atoms with Gasteiger partial charge in [-0.3, -0.25) is 9.00 Å². The van der Waals surface area contributed by atoms with Gasteiger partial charge in [0.15, 0.2) is 0 Å². The number of hydrogen-bond donors (Lipinski definition) is 2. The van der Waals surface area contributed by atoms with E-state index in [-0.39, 0.29) is 23.7 Å². The number of hydrogen-bond acceptors (Lipinski definition) is 4. The first kappa shape index (κ1) is 15.8. The number of carbonyl (C=O) groups is 2. The quantitative estimate of drug-likeness (QED) is 0.837. The van der Waals surface area contributed by atoms with Crippen LogP contribution in [0.25, 0.3) is 0 Å². The second-order valence-electron chi connectivity index (χ2n) is 4.33. The van der Waals surface area contributed by atoms with Crippen LogP contribution in [0.2, 0.25) is 0 Å². The van der Waals surface area contributed by atoms with Crippen LogP contribution in [-0.4, -0.2) is 38.5 Å². The van der Waals surface area contributed by atoms with Gasteiger partial charge in [0.25, 0.3) is 5.91 Å². The molecule has 1 heterocycles. The molecule has 1 aromatic heterocycles. The van der Waals surface area contributed by atoms with Crippen molar-refractivity contribution in [3.05, 3.63) is 59.9 Å². The number of nitrogens with one attached hydrogen (secondary N) is 1. The largest absolute Gasteiger partial charge is 0.477 e. The Balaban J connectivity index is 1.89. The third kappa shape index (κ3) is 4.23. The fraction of sp³-hybridized carbons (Fsp3) is 0.133. The maximum Gasteiger partial charge on any atom is 0.354 e. The van der Waals surface area contributed by atoms with E-state index in [1.165, 1.54) is 18.2 Å². The minimum Gasteiger partial charge on any atom is -0.477 e. The number of aromatic nitrogens is 1. The van der Waals surface area contributed by atoms with Gasteiger partial charge in [-0.05, 0) is 24.3 Å². The number of rotatable bonds is 6. The maximum absolute atomic E-state index is 12.0. The van der Waals surface area contributed by atoms with Crippen molar-refractivity contribution in [2.75, 3.05) is 12.3 Å². The van der Waals surface area contributed by atoms with E-state index in [0.717, 1.165) is 0 Å². The van der Waals surface area contributed by atoms with Crippen LogP contribution in [-0.2, 0) is 10.8 Å². The molecule has 2 aromatic rings. The smallest absolute Gasteiger partial charge is 0.354 e. The van der Waals surface area contributed by atoms with Crippen LogP contribution in [0.3, 0.4) is 0 Å².